The van der Waals surface area contributed by atoms with Crippen molar-refractivity contribution in [2.75, 3.05) is 24.8 Å². The van der Waals surface area contributed by atoms with Crippen molar-refractivity contribution in [2.45, 2.75) is 6.54 Å². The van der Waals surface area contributed by atoms with Crippen molar-refractivity contribution in [2.24, 2.45) is 0 Å². The SMILES string of the molecule is CNc1ccc2ccc(NCc3ccc(OC)cc3)nc2c1. The van der Waals surface area contributed by atoms with Gasteiger partial charge < -0.3 is 15.4 Å². The minimum absolute atomic E-state index is 0.730. The molecule has 0 saturated carbocycles. The predicted molar refractivity (Wildman–Crippen MR) is 91.6 cm³/mol. The normalized spacial score (nSPS) is 10.5. The Morgan fingerprint density at radius 1 is 1.00 bits per heavy atom. The largest absolute Gasteiger partial charge is 0.497 e. The Balaban J connectivity index is 1.75. The number of nitrogens with zero attached hydrogens (tertiary/aromatic N) is 1. The molecule has 2 N–H and O–H groups in total. The lowest BCUT2D eigenvalue weighted by atomic mass is 10.2. The molecule has 4 heteroatoms. The highest BCUT2D eigenvalue weighted by Crippen LogP contribution is 2.20. The molecule has 0 aliphatic heterocycles. The van der Waals surface area contributed by atoms with Crippen LogP contribution >= 0.6 is 0 Å². The molecule has 0 unspecified atom stereocenters. The van der Waals surface area contributed by atoms with Crippen molar-refractivity contribution < 1.29 is 4.74 Å². The van der Waals surface area contributed by atoms with E-state index in [1.807, 2.05) is 43.4 Å². The summed E-state index contributed by atoms with van der Waals surface area (Å²) in [7, 11) is 3.58. The third-order valence-corrected chi connectivity index (χ3v) is 3.61. The zero-order valence-electron chi connectivity index (χ0n) is 12.8. The molecule has 0 radical (unpaired) electrons. The Morgan fingerprint density at radius 2 is 1.77 bits per heavy atom. The van der Waals surface area contributed by atoms with Gasteiger partial charge in [0.25, 0.3) is 0 Å². The van der Waals surface area contributed by atoms with Crippen LogP contribution in [0, 0.1) is 0 Å². The van der Waals surface area contributed by atoms with Crippen LogP contribution in [0.3, 0.4) is 0 Å². The smallest absolute Gasteiger partial charge is 0.126 e. The van der Waals surface area contributed by atoms with E-state index < -0.39 is 0 Å². The highest BCUT2D eigenvalue weighted by atomic mass is 16.5. The van der Waals surface area contributed by atoms with Crippen LogP contribution in [-0.2, 0) is 6.54 Å². The number of benzene rings is 2. The van der Waals surface area contributed by atoms with Crippen molar-refractivity contribution in [1.82, 2.24) is 4.98 Å². The van der Waals surface area contributed by atoms with Gasteiger partial charge in [-0.1, -0.05) is 18.2 Å². The number of hydrogen-bond acceptors (Lipinski definition) is 4. The molecule has 0 spiro atoms. The first-order valence-electron chi connectivity index (χ1n) is 7.24. The summed E-state index contributed by atoms with van der Waals surface area (Å²) in [5.41, 5.74) is 3.23. The van der Waals surface area contributed by atoms with E-state index in [4.69, 9.17) is 4.74 Å². The van der Waals surface area contributed by atoms with Crippen molar-refractivity contribution >= 4 is 22.4 Å². The van der Waals surface area contributed by atoms with Gasteiger partial charge in [0.05, 0.1) is 12.6 Å². The van der Waals surface area contributed by atoms with Crippen LogP contribution < -0.4 is 15.4 Å². The number of methoxy groups -OCH3 is 1. The van der Waals surface area contributed by atoms with Crippen LogP contribution in [0.5, 0.6) is 5.75 Å². The summed E-state index contributed by atoms with van der Waals surface area (Å²) in [6.07, 6.45) is 0. The third-order valence-electron chi connectivity index (χ3n) is 3.61. The summed E-state index contributed by atoms with van der Waals surface area (Å²) >= 11 is 0. The van der Waals surface area contributed by atoms with Crippen LogP contribution in [0.25, 0.3) is 10.9 Å². The van der Waals surface area contributed by atoms with Gasteiger partial charge in [-0.2, -0.15) is 0 Å². The molecular formula is C18H19N3O. The van der Waals surface area contributed by atoms with Gasteiger partial charge in [0.15, 0.2) is 0 Å². The van der Waals surface area contributed by atoms with Crippen molar-refractivity contribution in [3.8, 4) is 5.75 Å². The minimum atomic E-state index is 0.730. The van der Waals surface area contributed by atoms with E-state index >= 15 is 0 Å². The average Bonchev–Trinajstić information content (AvgIpc) is 2.59. The first-order valence-corrected chi connectivity index (χ1v) is 7.24. The van der Waals surface area contributed by atoms with Crippen molar-refractivity contribution in [3.05, 3.63) is 60.2 Å². The molecular weight excluding hydrogens is 274 g/mol. The molecule has 0 atom stereocenters. The van der Waals surface area contributed by atoms with Gasteiger partial charge >= 0.3 is 0 Å². The predicted octanol–water partition coefficient (Wildman–Crippen LogP) is 3.90. The van der Waals surface area contributed by atoms with Crippen LogP contribution in [-0.4, -0.2) is 19.1 Å². The molecule has 3 aromatic rings. The summed E-state index contributed by atoms with van der Waals surface area (Å²) in [5, 5.41) is 7.62. The lowest BCUT2D eigenvalue weighted by Gasteiger charge is -2.08. The number of nitrogens with one attached hydrogen (secondary N) is 2. The van der Waals surface area contributed by atoms with E-state index in [0.717, 1.165) is 34.7 Å². The Hall–Kier alpha value is -2.75. The van der Waals surface area contributed by atoms with E-state index in [1.165, 1.54) is 5.56 Å². The number of aromatic nitrogens is 1. The van der Waals surface area contributed by atoms with E-state index in [-0.39, 0.29) is 0 Å². The van der Waals surface area contributed by atoms with Gasteiger partial charge in [-0.25, -0.2) is 4.98 Å². The molecule has 112 valence electrons. The van der Waals surface area contributed by atoms with Gasteiger partial charge in [0.2, 0.25) is 0 Å². The molecule has 3 rings (SSSR count). The fourth-order valence-electron chi connectivity index (χ4n) is 2.31. The maximum absolute atomic E-state index is 5.16. The van der Waals surface area contributed by atoms with Gasteiger partial charge in [0, 0.05) is 24.7 Å². The number of pyridine rings is 1. The van der Waals surface area contributed by atoms with E-state index in [2.05, 4.69) is 33.8 Å². The lowest BCUT2D eigenvalue weighted by molar-refractivity contribution is 0.414. The Labute approximate surface area is 130 Å². The number of hydrogen-bond donors (Lipinski definition) is 2. The Morgan fingerprint density at radius 3 is 2.50 bits per heavy atom. The first kappa shape index (κ1) is 14.2. The third kappa shape index (κ3) is 3.11. The summed E-state index contributed by atoms with van der Waals surface area (Å²) < 4.78 is 5.16. The molecule has 0 aliphatic carbocycles. The Kier molecular flexibility index (Phi) is 4.10. The van der Waals surface area contributed by atoms with Crippen LogP contribution in [0.4, 0.5) is 11.5 Å². The second-order valence-corrected chi connectivity index (χ2v) is 5.06. The highest BCUT2D eigenvalue weighted by Gasteiger charge is 2.00. The molecule has 0 amide bonds. The minimum Gasteiger partial charge on any atom is -0.497 e. The summed E-state index contributed by atoms with van der Waals surface area (Å²) in [6.45, 7) is 0.730. The maximum atomic E-state index is 5.16. The number of ether oxygens (including phenoxy) is 1. The second kappa shape index (κ2) is 6.35. The highest BCUT2D eigenvalue weighted by molar-refractivity contribution is 5.83. The number of fused-ring (bicyclic) bond motifs is 1. The molecule has 1 aromatic heterocycles. The molecule has 4 nitrogen and oxygen atoms in total. The zero-order chi connectivity index (χ0) is 15.4. The van der Waals surface area contributed by atoms with Crippen LogP contribution in [0.1, 0.15) is 5.56 Å². The quantitative estimate of drug-likeness (QED) is 0.749. The molecule has 0 aliphatic rings. The molecule has 0 bridgehead atoms. The van der Waals surface area contributed by atoms with Crippen molar-refractivity contribution in [1.29, 1.82) is 0 Å². The van der Waals surface area contributed by atoms with E-state index in [9.17, 15) is 0 Å². The fraction of sp³-hybridized carbons (Fsp3) is 0.167. The van der Waals surface area contributed by atoms with E-state index in [0.29, 0.717) is 0 Å². The molecule has 0 fully saturated rings. The van der Waals surface area contributed by atoms with Gasteiger partial charge in [-0.05, 0) is 42.0 Å². The van der Waals surface area contributed by atoms with Gasteiger partial charge in [-0.3, -0.25) is 0 Å². The van der Waals surface area contributed by atoms with Crippen LogP contribution in [0.15, 0.2) is 54.6 Å². The lowest BCUT2D eigenvalue weighted by Crippen LogP contribution is -2.01. The maximum Gasteiger partial charge on any atom is 0.126 e. The monoisotopic (exact) mass is 293 g/mol. The zero-order valence-corrected chi connectivity index (χ0v) is 12.8. The summed E-state index contributed by atoms with van der Waals surface area (Å²) in [4.78, 5) is 4.66. The standard InChI is InChI=1S/C18H19N3O/c1-19-15-7-5-14-6-10-18(21-17(14)11-15)20-12-13-3-8-16(22-2)9-4-13/h3-11,19H,12H2,1-2H3,(H,20,21). The Bertz CT molecular complexity index is 769. The van der Waals surface area contributed by atoms with Gasteiger partial charge in [-0.15, -0.1) is 0 Å². The molecule has 1 heterocycles. The van der Waals surface area contributed by atoms with Crippen LogP contribution in [0.2, 0.25) is 0 Å². The van der Waals surface area contributed by atoms with Gasteiger partial charge in [0.1, 0.15) is 11.6 Å². The molecule has 0 saturated heterocycles. The topological polar surface area (TPSA) is 46.2 Å². The first-order chi connectivity index (χ1) is 10.8. The molecule has 22 heavy (non-hydrogen) atoms. The van der Waals surface area contributed by atoms with Crippen molar-refractivity contribution in [3.63, 3.8) is 0 Å². The number of rotatable bonds is 5. The summed E-state index contributed by atoms with van der Waals surface area (Å²) in [5.74, 6) is 1.74. The summed E-state index contributed by atoms with van der Waals surface area (Å²) in [6, 6.07) is 18.3. The second-order valence-electron chi connectivity index (χ2n) is 5.06. The average molecular weight is 293 g/mol. The number of anilines is 2. The molecule has 2 aromatic carbocycles. The fourth-order valence-corrected chi connectivity index (χ4v) is 2.31. The van der Waals surface area contributed by atoms with E-state index in [1.54, 1.807) is 7.11 Å².